The molecular weight excluding hydrogens is 262 g/mol. The lowest BCUT2D eigenvalue weighted by atomic mass is 9.96. The number of carbonyl (C=O) groups is 1. The van der Waals surface area contributed by atoms with Crippen LogP contribution >= 0.6 is 0 Å². The second-order valence-corrected chi connectivity index (χ2v) is 6.58. The van der Waals surface area contributed by atoms with Gasteiger partial charge in [0.15, 0.2) is 0 Å². The van der Waals surface area contributed by atoms with E-state index in [1.165, 1.54) is 25.8 Å². The van der Waals surface area contributed by atoms with Crippen molar-refractivity contribution in [2.45, 2.75) is 45.2 Å². The molecule has 0 aliphatic carbocycles. The van der Waals surface area contributed by atoms with Crippen molar-refractivity contribution in [1.29, 1.82) is 0 Å². The number of carbonyl (C=O) groups excluding carboxylic acids is 1. The van der Waals surface area contributed by atoms with Crippen LogP contribution < -0.4 is 5.73 Å². The van der Waals surface area contributed by atoms with Crippen LogP contribution in [0.25, 0.3) is 0 Å². The number of anilines is 1. The van der Waals surface area contributed by atoms with Gasteiger partial charge in [0.1, 0.15) is 0 Å². The van der Waals surface area contributed by atoms with Crippen molar-refractivity contribution in [1.82, 2.24) is 9.80 Å². The van der Waals surface area contributed by atoms with Crippen LogP contribution in [0.3, 0.4) is 0 Å². The summed E-state index contributed by atoms with van der Waals surface area (Å²) in [7, 11) is 0. The minimum atomic E-state index is 0.128. The number of piperazine rings is 1. The van der Waals surface area contributed by atoms with E-state index in [-0.39, 0.29) is 11.9 Å². The number of amides is 1. The predicted molar refractivity (Wildman–Crippen MR) is 85.3 cm³/mol. The smallest absolute Gasteiger partial charge is 0.254 e. The number of nitrogens with two attached hydrogens (primary N) is 1. The molecule has 4 heteroatoms. The first-order valence-electron chi connectivity index (χ1n) is 7.97. The monoisotopic (exact) mass is 287 g/mol. The van der Waals surface area contributed by atoms with Gasteiger partial charge in [-0.3, -0.25) is 9.69 Å². The second-order valence-electron chi connectivity index (χ2n) is 6.58. The lowest BCUT2D eigenvalue weighted by Crippen LogP contribution is -2.60. The number of hydrogen-bond acceptors (Lipinski definition) is 3. The van der Waals surface area contributed by atoms with Crippen LogP contribution in [-0.2, 0) is 0 Å². The molecule has 0 radical (unpaired) electrons. The Morgan fingerprint density at radius 1 is 1.24 bits per heavy atom. The molecule has 4 nitrogen and oxygen atoms in total. The van der Waals surface area contributed by atoms with Crippen LogP contribution in [0, 0.1) is 6.92 Å². The number of fused-ring (bicyclic) bond motifs is 1. The summed E-state index contributed by atoms with van der Waals surface area (Å²) < 4.78 is 0. The Labute approximate surface area is 126 Å². The quantitative estimate of drug-likeness (QED) is 0.806. The van der Waals surface area contributed by atoms with E-state index in [1.807, 2.05) is 24.0 Å². The average molecular weight is 287 g/mol. The Morgan fingerprint density at radius 2 is 2.05 bits per heavy atom. The number of nitrogen functional groups attached to an aromatic ring is 1. The molecule has 1 amide bonds. The molecule has 1 aromatic rings. The molecule has 3 rings (SSSR count). The summed E-state index contributed by atoms with van der Waals surface area (Å²) in [5.74, 6) is 0.128. The number of nitrogens with zero attached hydrogens (tertiary/aromatic N) is 2. The fraction of sp³-hybridized carbons (Fsp3) is 0.588. The number of rotatable bonds is 1. The third-order valence-corrected chi connectivity index (χ3v) is 4.79. The molecule has 1 aromatic carbocycles. The molecule has 0 aromatic heterocycles. The van der Waals surface area contributed by atoms with E-state index in [0.29, 0.717) is 11.7 Å². The van der Waals surface area contributed by atoms with E-state index in [1.54, 1.807) is 6.07 Å². The van der Waals surface area contributed by atoms with E-state index >= 15 is 0 Å². The van der Waals surface area contributed by atoms with Crippen LogP contribution in [0.4, 0.5) is 5.69 Å². The van der Waals surface area contributed by atoms with Gasteiger partial charge in [-0.2, -0.15) is 0 Å². The molecule has 2 heterocycles. The number of hydrogen-bond donors (Lipinski definition) is 1. The second kappa shape index (κ2) is 5.68. The van der Waals surface area contributed by atoms with Gasteiger partial charge in [-0.1, -0.05) is 6.42 Å². The molecule has 2 fully saturated rings. The topological polar surface area (TPSA) is 49.6 Å². The summed E-state index contributed by atoms with van der Waals surface area (Å²) >= 11 is 0. The van der Waals surface area contributed by atoms with Gasteiger partial charge in [-0.15, -0.1) is 0 Å². The van der Waals surface area contributed by atoms with Gasteiger partial charge in [0.2, 0.25) is 0 Å². The summed E-state index contributed by atoms with van der Waals surface area (Å²) in [6.07, 6.45) is 3.80. The SMILES string of the molecule is Cc1cc(N)cc(C(=O)N2CC3CCCCN3CC2C)c1. The van der Waals surface area contributed by atoms with Gasteiger partial charge in [0.05, 0.1) is 0 Å². The summed E-state index contributed by atoms with van der Waals surface area (Å²) in [5, 5.41) is 0. The van der Waals surface area contributed by atoms with Gasteiger partial charge in [-0.05, 0) is 57.0 Å². The average Bonchev–Trinajstić information content (AvgIpc) is 2.44. The molecule has 2 aliphatic heterocycles. The molecule has 2 N–H and O–H groups in total. The van der Waals surface area contributed by atoms with Gasteiger partial charge in [0, 0.05) is 36.4 Å². The normalized spacial score (nSPS) is 26.5. The third kappa shape index (κ3) is 2.91. The molecule has 2 unspecified atom stereocenters. The minimum absolute atomic E-state index is 0.128. The largest absolute Gasteiger partial charge is 0.399 e. The van der Waals surface area contributed by atoms with Crippen molar-refractivity contribution in [3.8, 4) is 0 Å². The predicted octanol–water partition coefficient (Wildman–Crippen LogP) is 2.28. The van der Waals surface area contributed by atoms with Gasteiger partial charge < -0.3 is 10.6 Å². The minimum Gasteiger partial charge on any atom is -0.399 e. The Kier molecular flexibility index (Phi) is 3.89. The molecule has 2 atom stereocenters. The van der Waals surface area contributed by atoms with E-state index in [4.69, 9.17) is 5.73 Å². The zero-order valence-electron chi connectivity index (χ0n) is 13.0. The Hall–Kier alpha value is -1.55. The fourth-order valence-electron chi connectivity index (χ4n) is 3.74. The zero-order chi connectivity index (χ0) is 15.0. The molecule has 2 aliphatic rings. The van der Waals surface area contributed by atoms with Crippen LogP contribution in [0.2, 0.25) is 0 Å². The first-order valence-corrected chi connectivity index (χ1v) is 7.97. The highest BCUT2D eigenvalue weighted by molar-refractivity contribution is 5.95. The third-order valence-electron chi connectivity index (χ3n) is 4.79. The zero-order valence-corrected chi connectivity index (χ0v) is 13.0. The maximum Gasteiger partial charge on any atom is 0.254 e. The highest BCUT2D eigenvalue weighted by Crippen LogP contribution is 2.25. The summed E-state index contributed by atoms with van der Waals surface area (Å²) in [6, 6.07) is 6.46. The van der Waals surface area contributed by atoms with Crippen molar-refractivity contribution in [2.75, 3.05) is 25.4 Å². The first-order chi connectivity index (χ1) is 10.0. The highest BCUT2D eigenvalue weighted by Gasteiger charge is 2.35. The number of aryl methyl sites for hydroxylation is 1. The van der Waals surface area contributed by atoms with Crippen LogP contribution in [0.1, 0.15) is 42.1 Å². The maximum atomic E-state index is 12.8. The lowest BCUT2D eigenvalue weighted by Gasteiger charge is -2.47. The highest BCUT2D eigenvalue weighted by atomic mass is 16.2. The Morgan fingerprint density at radius 3 is 2.81 bits per heavy atom. The van der Waals surface area contributed by atoms with Crippen LogP contribution in [0.15, 0.2) is 18.2 Å². The first kappa shape index (κ1) is 14.4. The summed E-state index contributed by atoms with van der Waals surface area (Å²) in [5.41, 5.74) is 8.33. The van der Waals surface area contributed by atoms with E-state index in [2.05, 4.69) is 11.8 Å². The van der Waals surface area contributed by atoms with E-state index in [9.17, 15) is 4.79 Å². The van der Waals surface area contributed by atoms with Crippen molar-refractivity contribution < 1.29 is 4.79 Å². The maximum absolute atomic E-state index is 12.8. The molecular formula is C17H25N3O. The summed E-state index contributed by atoms with van der Waals surface area (Å²) in [6.45, 7) is 7.18. The van der Waals surface area contributed by atoms with E-state index < -0.39 is 0 Å². The number of benzene rings is 1. The molecule has 2 saturated heterocycles. The van der Waals surface area contributed by atoms with Crippen molar-refractivity contribution in [2.24, 2.45) is 0 Å². The Balaban J connectivity index is 1.80. The molecule has 21 heavy (non-hydrogen) atoms. The van der Waals surface area contributed by atoms with Crippen LogP contribution in [0.5, 0.6) is 0 Å². The molecule has 0 spiro atoms. The van der Waals surface area contributed by atoms with Gasteiger partial charge in [-0.25, -0.2) is 0 Å². The van der Waals surface area contributed by atoms with E-state index in [0.717, 1.165) is 24.2 Å². The van der Waals surface area contributed by atoms with Gasteiger partial charge >= 0.3 is 0 Å². The van der Waals surface area contributed by atoms with Gasteiger partial charge in [0.25, 0.3) is 5.91 Å². The van der Waals surface area contributed by atoms with Crippen molar-refractivity contribution in [3.63, 3.8) is 0 Å². The number of piperidine rings is 1. The van der Waals surface area contributed by atoms with Crippen molar-refractivity contribution >= 4 is 11.6 Å². The molecule has 114 valence electrons. The summed E-state index contributed by atoms with van der Waals surface area (Å²) in [4.78, 5) is 17.4. The molecule has 0 bridgehead atoms. The van der Waals surface area contributed by atoms with Crippen molar-refractivity contribution in [3.05, 3.63) is 29.3 Å². The molecule has 0 saturated carbocycles. The van der Waals surface area contributed by atoms with Crippen LogP contribution in [-0.4, -0.2) is 47.4 Å². The fourth-order valence-corrected chi connectivity index (χ4v) is 3.74. The standard InChI is InChI=1S/C17H25N3O/c1-12-7-14(9-15(18)8-12)17(21)20-11-16-5-3-4-6-19(16)10-13(20)2/h7-9,13,16H,3-6,10-11,18H2,1-2H3. The lowest BCUT2D eigenvalue weighted by molar-refractivity contribution is 0.0151. The Bertz CT molecular complexity index is 523.